The zero-order chi connectivity index (χ0) is 17.6. The zero-order valence-electron chi connectivity index (χ0n) is 14.4. The number of benzene rings is 2. The number of rotatable bonds is 6. The average Bonchev–Trinajstić information content (AvgIpc) is 3.15. The molecule has 128 valence electrons. The topological polar surface area (TPSA) is 42.7 Å². The van der Waals surface area contributed by atoms with Crippen molar-refractivity contribution in [1.29, 1.82) is 0 Å². The molecule has 0 radical (unpaired) electrons. The molecule has 1 amide bonds. The number of ether oxygens (including phenoxy) is 1. The average molecular weight is 335 g/mol. The Kier molecular flexibility index (Phi) is 5.19. The van der Waals surface area contributed by atoms with Gasteiger partial charge in [0.2, 0.25) is 0 Å². The van der Waals surface area contributed by atoms with Crippen LogP contribution in [0.3, 0.4) is 0 Å². The Balaban J connectivity index is 1.83. The minimum Gasteiger partial charge on any atom is -0.497 e. The van der Waals surface area contributed by atoms with Gasteiger partial charge in [0.05, 0.1) is 19.9 Å². The zero-order valence-corrected chi connectivity index (χ0v) is 14.4. The van der Waals surface area contributed by atoms with Crippen LogP contribution in [0, 0.1) is 6.92 Å². The highest BCUT2D eigenvalue weighted by molar-refractivity contribution is 5.94. The lowest BCUT2D eigenvalue weighted by Crippen LogP contribution is -2.30. The molecule has 3 aromatic rings. The molecule has 0 unspecified atom stereocenters. The van der Waals surface area contributed by atoms with E-state index < -0.39 is 0 Å². The standard InChI is InChI=1S/C21H21NO3/c1-16-5-9-18(10-6-16)21(23)22(15-20-4-3-13-25-20)14-17-7-11-19(24-2)12-8-17/h3-13H,14-15H2,1-2H3. The van der Waals surface area contributed by atoms with Crippen LogP contribution >= 0.6 is 0 Å². The fourth-order valence-electron chi connectivity index (χ4n) is 2.62. The molecule has 0 saturated heterocycles. The highest BCUT2D eigenvalue weighted by atomic mass is 16.5. The van der Waals surface area contributed by atoms with Gasteiger partial charge in [-0.05, 0) is 48.9 Å². The Morgan fingerprint density at radius 1 is 1.00 bits per heavy atom. The van der Waals surface area contributed by atoms with Gasteiger partial charge in [0, 0.05) is 12.1 Å². The van der Waals surface area contributed by atoms with Gasteiger partial charge in [-0.2, -0.15) is 0 Å². The van der Waals surface area contributed by atoms with E-state index in [4.69, 9.17) is 9.15 Å². The van der Waals surface area contributed by atoms with Gasteiger partial charge >= 0.3 is 0 Å². The van der Waals surface area contributed by atoms with E-state index >= 15 is 0 Å². The van der Waals surface area contributed by atoms with Gasteiger partial charge in [0.1, 0.15) is 11.5 Å². The first-order valence-corrected chi connectivity index (χ1v) is 8.17. The maximum Gasteiger partial charge on any atom is 0.254 e. The molecule has 0 saturated carbocycles. The number of hydrogen-bond donors (Lipinski definition) is 0. The lowest BCUT2D eigenvalue weighted by Gasteiger charge is -2.22. The molecule has 0 aliphatic heterocycles. The molecule has 3 rings (SSSR count). The first kappa shape index (κ1) is 16.8. The smallest absolute Gasteiger partial charge is 0.254 e. The second-order valence-corrected chi connectivity index (χ2v) is 5.95. The van der Waals surface area contributed by atoms with Crippen LogP contribution in [0.5, 0.6) is 5.75 Å². The van der Waals surface area contributed by atoms with Crippen LogP contribution in [0.25, 0.3) is 0 Å². The molecule has 0 aliphatic rings. The Morgan fingerprint density at radius 2 is 1.72 bits per heavy atom. The Labute approximate surface area is 147 Å². The highest BCUT2D eigenvalue weighted by Crippen LogP contribution is 2.17. The van der Waals surface area contributed by atoms with Gasteiger partial charge in [-0.3, -0.25) is 4.79 Å². The molecule has 4 nitrogen and oxygen atoms in total. The summed E-state index contributed by atoms with van der Waals surface area (Å²) in [6.07, 6.45) is 1.62. The summed E-state index contributed by atoms with van der Waals surface area (Å²) in [4.78, 5) is 14.8. The lowest BCUT2D eigenvalue weighted by molar-refractivity contribution is 0.0717. The number of amides is 1. The third-order valence-electron chi connectivity index (χ3n) is 4.05. The SMILES string of the molecule is COc1ccc(CN(Cc2ccco2)C(=O)c2ccc(C)cc2)cc1. The molecule has 1 heterocycles. The molecule has 25 heavy (non-hydrogen) atoms. The van der Waals surface area contributed by atoms with Crippen molar-refractivity contribution in [2.45, 2.75) is 20.0 Å². The molecule has 0 N–H and O–H groups in total. The first-order chi connectivity index (χ1) is 12.2. The van der Waals surface area contributed by atoms with E-state index in [1.165, 1.54) is 0 Å². The lowest BCUT2D eigenvalue weighted by atomic mass is 10.1. The summed E-state index contributed by atoms with van der Waals surface area (Å²) in [6, 6.07) is 19.1. The predicted octanol–water partition coefficient (Wildman–Crippen LogP) is 4.44. The molecule has 0 spiro atoms. The van der Waals surface area contributed by atoms with Gasteiger partial charge in [-0.1, -0.05) is 29.8 Å². The van der Waals surface area contributed by atoms with Crippen molar-refractivity contribution < 1.29 is 13.9 Å². The van der Waals surface area contributed by atoms with E-state index in [1.54, 1.807) is 18.3 Å². The maximum absolute atomic E-state index is 13.0. The van der Waals surface area contributed by atoms with Gasteiger partial charge in [0.25, 0.3) is 5.91 Å². The van der Waals surface area contributed by atoms with Crippen molar-refractivity contribution >= 4 is 5.91 Å². The van der Waals surface area contributed by atoms with Gasteiger partial charge in [-0.25, -0.2) is 0 Å². The molecule has 0 atom stereocenters. The number of nitrogens with zero attached hydrogens (tertiary/aromatic N) is 1. The van der Waals surface area contributed by atoms with E-state index in [0.717, 1.165) is 22.6 Å². The quantitative estimate of drug-likeness (QED) is 0.669. The van der Waals surface area contributed by atoms with Crippen LogP contribution < -0.4 is 4.74 Å². The summed E-state index contributed by atoms with van der Waals surface area (Å²) in [5.74, 6) is 1.53. The molecule has 0 bridgehead atoms. The third-order valence-corrected chi connectivity index (χ3v) is 4.05. The number of hydrogen-bond acceptors (Lipinski definition) is 3. The van der Waals surface area contributed by atoms with Crippen molar-refractivity contribution in [1.82, 2.24) is 4.90 Å². The summed E-state index contributed by atoms with van der Waals surface area (Å²) in [6.45, 7) is 2.93. The fraction of sp³-hybridized carbons (Fsp3) is 0.190. The minimum absolute atomic E-state index is 0.0211. The van der Waals surface area contributed by atoms with E-state index in [1.807, 2.05) is 67.6 Å². The second-order valence-electron chi connectivity index (χ2n) is 5.95. The van der Waals surface area contributed by atoms with E-state index in [2.05, 4.69) is 0 Å². The van der Waals surface area contributed by atoms with Gasteiger partial charge in [0.15, 0.2) is 0 Å². The van der Waals surface area contributed by atoms with Crippen molar-refractivity contribution in [2.24, 2.45) is 0 Å². The van der Waals surface area contributed by atoms with Gasteiger partial charge < -0.3 is 14.1 Å². The highest BCUT2D eigenvalue weighted by Gasteiger charge is 2.18. The van der Waals surface area contributed by atoms with Crippen molar-refractivity contribution in [2.75, 3.05) is 7.11 Å². The van der Waals surface area contributed by atoms with Crippen LogP contribution in [-0.4, -0.2) is 17.9 Å². The summed E-state index contributed by atoms with van der Waals surface area (Å²) >= 11 is 0. The summed E-state index contributed by atoms with van der Waals surface area (Å²) in [5, 5.41) is 0. The first-order valence-electron chi connectivity index (χ1n) is 8.17. The Morgan fingerprint density at radius 3 is 2.32 bits per heavy atom. The van der Waals surface area contributed by atoms with E-state index in [-0.39, 0.29) is 5.91 Å². The van der Waals surface area contributed by atoms with Crippen LogP contribution in [0.2, 0.25) is 0 Å². The number of methoxy groups -OCH3 is 1. The van der Waals surface area contributed by atoms with Crippen LogP contribution in [0.15, 0.2) is 71.3 Å². The number of carbonyl (C=O) groups is 1. The number of aryl methyl sites for hydroxylation is 1. The van der Waals surface area contributed by atoms with E-state index in [9.17, 15) is 4.79 Å². The molecule has 0 aliphatic carbocycles. The maximum atomic E-state index is 13.0. The second kappa shape index (κ2) is 7.71. The molecule has 4 heteroatoms. The van der Waals surface area contributed by atoms with Crippen molar-refractivity contribution in [3.63, 3.8) is 0 Å². The Bertz CT molecular complexity index is 805. The molecule has 0 fully saturated rings. The third kappa shape index (κ3) is 4.29. The van der Waals surface area contributed by atoms with Gasteiger partial charge in [-0.15, -0.1) is 0 Å². The minimum atomic E-state index is -0.0211. The van der Waals surface area contributed by atoms with Crippen LogP contribution in [0.1, 0.15) is 27.2 Å². The van der Waals surface area contributed by atoms with E-state index in [0.29, 0.717) is 18.7 Å². The summed E-state index contributed by atoms with van der Waals surface area (Å²) in [7, 11) is 1.64. The number of carbonyl (C=O) groups excluding carboxylic acids is 1. The molecular formula is C21H21NO3. The van der Waals surface area contributed by atoms with Crippen LogP contribution in [-0.2, 0) is 13.1 Å². The summed E-state index contributed by atoms with van der Waals surface area (Å²) in [5.41, 5.74) is 2.84. The van der Waals surface area contributed by atoms with Crippen LogP contribution in [0.4, 0.5) is 0 Å². The summed E-state index contributed by atoms with van der Waals surface area (Å²) < 4.78 is 10.6. The predicted molar refractivity (Wildman–Crippen MR) is 96.5 cm³/mol. The molecular weight excluding hydrogens is 314 g/mol. The van der Waals surface area contributed by atoms with Crippen molar-refractivity contribution in [3.05, 3.63) is 89.4 Å². The molecule has 2 aromatic carbocycles. The Hall–Kier alpha value is -3.01. The number of furan rings is 1. The monoisotopic (exact) mass is 335 g/mol. The molecule has 1 aromatic heterocycles. The van der Waals surface area contributed by atoms with Crippen molar-refractivity contribution in [3.8, 4) is 5.75 Å². The normalized spacial score (nSPS) is 10.5. The fourth-order valence-corrected chi connectivity index (χ4v) is 2.62. The largest absolute Gasteiger partial charge is 0.497 e.